The Morgan fingerprint density at radius 1 is 1.06 bits per heavy atom. The third-order valence-corrected chi connectivity index (χ3v) is 5.16. The number of carbonyl (C=O) groups excluding carboxylic acids is 2. The second-order valence-electron chi connectivity index (χ2n) is 6.73. The number of halogens is 1. The summed E-state index contributed by atoms with van der Waals surface area (Å²) >= 11 is 3.16. The summed E-state index contributed by atoms with van der Waals surface area (Å²) in [6, 6.07) is 18.4. The predicted octanol–water partition coefficient (Wildman–Crippen LogP) is 5.13. The molecule has 0 aliphatic carbocycles. The second-order valence-corrected chi connectivity index (χ2v) is 7.59. The van der Waals surface area contributed by atoms with Crippen LogP contribution in [0.25, 0.3) is 6.08 Å². The number of ether oxygens (including phenoxy) is 2. The first-order valence-electron chi connectivity index (χ1n) is 9.64. The first-order valence-corrected chi connectivity index (χ1v) is 10.4. The number of non-ortho nitro benzene ring substituents is 1. The summed E-state index contributed by atoms with van der Waals surface area (Å²) in [6.07, 6.45) is 1.36. The molecule has 3 aromatic rings. The van der Waals surface area contributed by atoms with Crippen molar-refractivity contribution in [3.8, 4) is 17.6 Å². The predicted molar refractivity (Wildman–Crippen MR) is 127 cm³/mol. The summed E-state index contributed by atoms with van der Waals surface area (Å²) in [5, 5.41) is 22.8. The molecule has 1 N–H and O–H groups in total. The van der Waals surface area contributed by atoms with Gasteiger partial charge in [-0.2, -0.15) is 5.26 Å². The van der Waals surface area contributed by atoms with Crippen LogP contribution in [-0.2, 0) is 4.79 Å². The molecule has 0 heterocycles. The topological polar surface area (TPSA) is 132 Å². The number of methoxy groups -OCH3 is 1. The molecule has 3 aromatic carbocycles. The zero-order valence-corrected chi connectivity index (χ0v) is 19.2. The maximum absolute atomic E-state index is 12.5. The smallest absolute Gasteiger partial charge is 0.343 e. The number of nitro groups is 1. The summed E-state index contributed by atoms with van der Waals surface area (Å²) in [6.45, 7) is 0. The summed E-state index contributed by atoms with van der Waals surface area (Å²) in [5.74, 6) is -0.328. The lowest BCUT2D eigenvalue weighted by molar-refractivity contribution is -0.384. The molecule has 0 aliphatic heterocycles. The minimum absolute atomic E-state index is 0.145. The highest BCUT2D eigenvalue weighted by molar-refractivity contribution is 9.10. The van der Waals surface area contributed by atoms with Gasteiger partial charge < -0.3 is 14.8 Å². The van der Waals surface area contributed by atoms with E-state index in [0.29, 0.717) is 21.3 Å². The normalized spacial score (nSPS) is 10.7. The van der Waals surface area contributed by atoms with Gasteiger partial charge in [-0.1, -0.05) is 12.1 Å². The molecule has 0 radical (unpaired) electrons. The molecule has 0 unspecified atom stereocenters. The molecule has 0 aliphatic rings. The van der Waals surface area contributed by atoms with Gasteiger partial charge in [0, 0.05) is 16.6 Å². The van der Waals surface area contributed by atoms with E-state index < -0.39 is 16.8 Å². The maximum Gasteiger partial charge on any atom is 0.343 e. The van der Waals surface area contributed by atoms with E-state index in [1.54, 1.807) is 36.4 Å². The minimum atomic E-state index is -0.688. The van der Waals surface area contributed by atoms with Crippen molar-refractivity contribution in [2.45, 2.75) is 0 Å². The molecule has 170 valence electrons. The van der Waals surface area contributed by atoms with Gasteiger partial charge >= 0.3 is 5.97 Å². The lowest BCUT2D eigenvalue weighted by Gasteiger charge is -2.07. The molecule has 9 nitrogen and oxygen atoms in total. The molecule has 3 rings (SSSR count). The highest BCUT2D eigenvalue weighted by atomic mass is 79.9. The summed E-state index contributed by atoms with van der Waals surface area (Å²) in [7, 11) is 1.53. The van der Waals surface area contributed by atoms with E-state index in [-0.39, 0.29) is 22.7 Å². The van der Waals surface area contributed by atoms with Gasteiger partial charge in [-0.25, -0.2) is 4.79 Å². The first-order chi connectivity index (χ1) is 16.3. The van der Waals surface area contributed by atoms with Gasteiger partial charge in [0.25, 0.3) is 11.6 Å². The Balaban J connectivity index is 1.69. The molecule has 0 spiro atoms. The van der Waals surface area contributed by atoms with Gasteiger partial charge in [-0.05, 0) is 70.0 Å². The summed E-state index contributed by atoms with van der Waals surface area (Å²) < 4.78 is 10.7. The summed E-state index contributed by atoms with van der Waals surface area (Å²) in [5.41, 5.74) is 0.823. The minimum Gasteiger partial charge on any atom is -0.497 e. The first kappa shape index (κ1) is 24.2. The molecule has 0 atom stereocenters. The highest BCUT2D eigenvalue weighted by Gasteiger charge is 2.14. The van der Waals surface area contributed by atoms with Crippen molar-refractivity contribution in [2.24, 2.45) is 0 Å². The number of nitrogens with one attached hydrogen (secondary N) is 1. The van der Waals surface area contributed by atoms with Crippen molar-refractivity contribution in [3.63, 3.8) is 0 Å². The van der Waals surface area contributed by atoms with Gasteiger partial charge in [0.2, 0.25) is 0 Å². The van der Waals surface area contributed by atoms with E-state index in [4.69, 9.17) is 9.47 Å². The van der Waals surface area contributed by atoms with Crippen LogP contribution in [0.4, 0.5) is 11.4 Å². The lowest BCUT2D eigenvalue weighted by atomic mass is 10.1. The van der Waals surface area contributed by atoms with E-state index in [1.807, 2.05) is 6.07 Å². The van der Waals surface area contributed by atoms with Crippen LogP contribution in [0.15, 0.2) is 76.8 Å². The average molecular weight is 522 g/mol. The van der Waals surface area contributed by atoms with Crippen LogP contribution in [0.5, 0.6) is 11.5 Å². The van der Waals surface area contributed by atoms with E-state index in [2.05, 4.69) is 21.2 Å². The van der Waals surface area contributed by atoms with Crippen LogP contribution in [0.2, 0.25) is 0 Å². The largest absolute Gasteiger partial charge is 0.497 e. The zero-order valence-electron chi connectivity index (χ0n) is 17.7. The zero-order chi connectivity index (χ0) is 24.7. The van der Waals surface area contributed by atoms with Crippen LogP contribution in [-0.4, -0.2) is 23.9 Å². The lowest BCUT2D eigenvalue weighted by Crippen LogP contribution is -2.14. The maximum atomic E-state index is 12.5. The van der Waals surface area contributed by atoms with Crippen LogP contribution in [0.3, 0.4) is 0 Å². The molecule has 0 bridgehead atoms. The number of nitro benzene ring substituents is 1. The molecular weight excluding hydrogens is 506 g/mol. The fourth-order valence-electron chi connectivity index (χ4n) is 2.75. The molecule has 0 saturated heterocycles. The van der Waals surface area contributed by atoms with Crippen molar-refractivity contribution in [2.75, 3.05) is 12.4 Å². The Morgan fingerprint density at radius 2 is 1.71 bits per heavy atom. The molecule has 34 heavy (non-hydrogen) atoms. The Kier molecular flexibility index (Phi) is 7.74. The van der Waals surface area contributed by atoms with E-state index >= 15 is 0 Å². The number of hydrogen-bond donors (Lipinski definition) is 1. The number of carbonyl (C=O) groups is 2. The number of amides is 1. The number of nitrogens with zero attached hydrogens (tertiary/aromatic N) is 2. The van der Waals surface area contributed by atoms with E-state index in [1.165, 1.54) is 43.5 Å². The number of hydrogen-bond acceptors (Lipinski definition) is 7. The fourth-order valence-corrected chi connectivity index (χ4v) is 3.21. The Bertz CT molecular complexity index is 1310. The van der Waals surface area contributed by atoms with Gasteiger partial charge in [-0.15, -0.1) is 0 Å². The number of esters is 1. The Labute approximate surface area is 202 Å². The van der Waals surface area contributed by atoms with Crippen molar-refractivity contribution in [1.82, 2.24) is 0 Å². The van der Waals surface area contributed by atoms with Crippen molar-refractivity contribution in [1.29, 1.82) is 5.26 Å². The Morgan fingerprint density at radius 3 is 2.26 bits per heavy atom. The van der Waals surface area contributed by atoms with Crippen molar-refractivity contribution < 1.29 is 24.0 Å². The quantitative estimate of drug-likeness (QED) is 0.114. The third kappa shape index (κ3) is 6.05. The monoisotopic (exact) mass is 521 g/mol. The van der Waals surface area contributed by atoms with Gasteiger partial charge in [0.05, 0.1) is 23.3 Å². The van der Waals surface area contributed by atoms with Gasteiger partial charge in [-0.3, -0.25) is 14.9 Å². The van der Waals surface area contributed by atoms with Crippen LogP contribution in [0.1, 0.15) is 15.9 Å². The SMILES string of the molecule is COc1ccc(C(=O)Oc2ccc(C=C(C#N)C(=O)Nc3ccc([N+](=O)[O-])cc3Br)cc2)cc1. The molecular formula is C24H16BrN3O6. The number of anilines is 1. The van der Waals surface area contributed by atoms with Gasteiger partial charge in [0.15, 0.2) is 0 Å². The molecule has 1 amide bonds. The van der Waals surface area contributed by atoms with Crippen molar-refractivity contribution >= 4 is 45.3 Å². The fraction of sp³-hybridized carbons (Fsp3) is 0.0417. The highest BCUT2D eigenvalue weighted by Crippen LogP contribution is 2.27. The van der Waals surface area contributed by atoms with E-state index in [9.17, 15) is 25.0 Å². The Hall–Kier alpha value is -4.49. The van der Waals surface area contributed by atoms with Crippen LogP contribution >= 0.6 is 15.9 Å². The molecule has 10 heteroatoms. The molecule has 0 fully saturated rings. The molecule has 0 aromatic heterocycles. The average Bonchev–Trinajstić information content (AvgIpc) is 2.84. The molecule has 0 saturated carbocycles. The summed E-state index contributed by atoms with van der Waals surface area (Å²) in [4.78, 5) is 35.0. The number of rotatable bonds is 7. The van der Waals surface area contributed by atoms with Crippen LogP contribution < -0.4 is 14.8 Å². The number of nitriles is 1. The van der Waals surface area contributed by atoms with E-state index in [0.717, 1.165) is 0 Å². The standard InChI is InChI=1S/C24H16BrN3O6/c1-33-19-9-4-16(5-10-19)24(30)34-20-7-2-15(3-8-20)12-17(14-26)23(29)27-22-11-6-18(28(31)32)13-21(22)25/h2-13H,1H3,(H,27,29). The third-order valence-electron chi connectivity index (χ3n) is 4.50. The number of benzene rings is 3. The second kappa shape index (κ2) is 10.9. The van der Waals surface area contributed by atoms with Crippen molar-refractivity contribution in [3.05, 3.63) is 98.0 Å². The van der Waals surface area contributed by atoms with Crippen LogP contribution in [0, 0.1) is 21.4 Å². The van der Waals surface area contributed by atoms with Gasteiger partial charge in [0.1, 0.15) is 23.1 Å².